The summed E-state index contributed by atoms with van der Waals surface area (Å²) in [6, 6.07) is 12.4. The number of benzene rings is 2. The highest BCUT2D eigenvalue weighted by Crippen LogP contribution is 2.31. The van der Waals surface area contributed by atoms with Gasteiger partial charge in [0, 0.05) is 5.02 Å². The summed E-state index contributed by atoms with van der Waals surface area (Å²) in [6.07, 6.45) is 0. The van der Waals surface area contributed by atoms with Gasteiger partial charge in [0.25, 0.3) is 0 Å². The van der Waals surface area contributed by atoms with Crippen LogP contribution in [0.15, 0.2) is 36.4 Å². The van der Waals surface area contributed by atoms with Crippen molar-refractivity contribution < 1.29 is 4.74 Å². The summed E-state index contributed by atoms with van der Waals surface area (Å²) in [5.74, 6) is 1.14. The van der Waals surface area contributed by atoms with Crippen LogP contribution in [0.5, 0.6) is 11.5 Å². The minimum atomic E-state index is 0.462. The van der Waals surface area contributed by atoms with Crippen LogP contribution in [0.1, 0.15) is 11.1 Å². The first kappa shape index (κ1) is 12.3. The summed E-state index contributed by atoms with van der Waals surface area (Å²) in [7, 11) is 0. The largest absolute Gasteiger partial charge is 0.455 e. The summed E-state index contributed by atoms with van der Waals surface area (Å²) in [4.78, 5) is 0. The van der Waals surface area contributed by atoms with E-state index in [1.54, 1.807) is 30.3 Å². The first-order valence-electron chi connectivity index (χ1n) is 5.34. The number of nitrogen functional groups attached to an aromatic ring is 1. The Morgan fingerprint density at radius 2 is 1.94 bits per heavy atom. The van der Waals surface area contributed by atoms with Gasteiger partial charge in [-0.25, -0.2) is 0 Å². The third-order valence-corrected chi connectivity index (χ3v) is 2.74. The lowest BCUT2D eigenvalue weighted by Crippen LogP contribution is -1.94. The zero-order chi connectivity index (χ0) is 13.1. The Kier molecular flexibility index (Phi) is 3.40. The van der Waals surface area contributed by atoms with Crippen LogP contribution in [0.25, 0.3) is 0 Å². The molecule has 0 radical (unpaired) electrons. The third kappa shape index (κ3) is 2.55. The van der Waals surface area contributed by atoms with E-state index in [-0.39, 0.29) is 0 Å². The normalized spacial score (nSPS) is 9.83. The maximum absolute atomic E-state index is 8.86. The number of hydrogen-bond donors (Lipinski definition) is 1. The maximum atomic E-state index is 8.86. The second kappa shape index (κ2) is 4.99. The monoisotopic (exact) mass is 258 g/mol. The van der Waals surface area contributed by atoms with Crippen molar-refractivity contribution in [3.8, 4) is 17.6 Å². The molecular formula is C14H11ClN2O. The van der Waals surface area contributed by atoms with Crippen LogP contribution in [0.4, 0.5) is 5.69 Å². The summed E-state index contributed by atoms with van der Waals surface area (Å²) < 4.78 is 5.70. The fourth-order valence-electron chi connectivity index (χ4n) is 1.51. The van der Waals surface area contributed by atoms with Gasteiger partial charge in [-0.1, -0.05) is 17.7 Å². The molecular weight excluding hydrogens is 248 g/mol. The molecule has 0 heterocycles. The smallest absolute Gasteiger partial charge is 0.150 e. The Hall–Kier alpha value is -2.18. The predicted octanol–water partition coefficient (Wildman–Crippen LogP) is 3.89. The number of hydrogen-bond acceptors (Lipinski definition) is 3. The highest BCUT2D eigenvalue weighted by molar-refractivity contribution is 6.30. The molecule has 0 aliphatic carbocycles. The van der Waals surface area contributed by atoms with Crippen LogP contribution in [-0.2, 0) is 0 Å². The van der Waals surface area contributed by atoms with Crippen LogP contribution in [0, 0.1) is 18.3 Å². The quantitative estimate of drug-likeness (QED) is 0.831. The van der Waals surface area contributed by atoms with E-state index in [9.17, 15) is 0 Å². The van der Waals surface area contributed by atoms with E-state index in [4.69, 9.17) is 27.3 Å². The molecule has 3 nitrogen and oxygen atoms in total. The van der Waals surface area contributed by atoms with Crippen molar-refractivity contribution in [2.45, 2.75) is 6.92 Å². The summed E-state index contributed by atoms with van der Waals surface area (Å²) in [5.41, 5.74) is 7.76. The molecule has 0 aromatic heterocycles. The lowest BCUT2D eigenvalue weighted by molar-refractivity contribution is 0.481. The molecule has 0 unspecified atom stereocenters. The van der Waals surface area contributed by atoms with Crippen LogP contribution in [0.3, 0.4) is 0 Å². The lowest BCUT2D eigenvalue weighted by Gasteiger charge is -2.11. The van der Waals surface area contributed by atoms with E-state index >= 15 is 0 Å². The number of ether oxygens (including phenoxy) is 1. The molecule has 2 N–H and O–H groups in total. The highest BCUT2D eigenvalue weighted by Gasteiger charge is 2.06. The average Bonchev–Trinajstić information content (AvgIpc) is 2.35. The number of halogens is 1. The van der Waals surface area contributed by atoms with E-state index in [0.717, 1.165) is 5.56 Å². The molecule has 2 rings (SSSR count). The molecule has 0 aliphatic rings. The Balaban J connectivity index is 2.37. The molecule has 0 saturated heterocycles. The van der Waals surface area contributed by atoms with Crippen molar-refractivity contribution in [1.29, 1.82) is 5.26 Å². The van der Waals surface area contributed by atoms with Crippen LogP contribution >= 0.6 is 11.6 Å². The zero-order valence-electron chi connectivity index (χ0n) is 9.77. The van der Waals surface area contributed by atoms with Gasteiger partial charge in [0.15, 0.2) is 0 Å². The number of nitriles is 1. The third-order valence-electron chi connectivity index (χ3n) is 2.51. The van der Waals surface area contributed by atoms with Crippen LogP contribution in [0.2, 0.25) is 5.02 Å². The van der Waals surface area contributed by atoms with Crippen molar-refractivity contribution in [2.24, 2.45) is 0 Å². The van der Waals surface area contributed by atoms with E-state index in [0.29, 0.717) is 27.8 Å². The number of nitrogens with two attached hydrogens (primary N) is 1. The van der Waals surface area contributed by atoms with Crippen molar-refractivity contribution in [2.75, 3.05) is 5.73 Å². The molecule has 18 heavy (non-hydrogen) atoms. The molecule has 2 aromatic rings. The SMILES string of the molecule is Cc1ccc(C#N)cc1Oc1ccc(Cl)cc1N. The second-order valence-corrected chi connectivity index (χ2v) is 4.31. The Morgan fingerprint density at radius 1 is 1.17 bits per heavy atom. The summed E-state index contributed by atoms with van der Waals surface area (Å²) >= 11 is 5.82. The zero-order valence-corrected chi connectivity index (χ0v) is 10.5. The number of rotatable bonds is 2. The van der Waals surface area contributed by atoms with Crippen LogP contribution in [-0.4, -0.2) is 0 Å². The minimum Gasteiger partial charge on any atom is -0.455 e. The van der Waals surface area contributed by atoms with Crippen molar-refractivity contribution in [3.05, 3.63) is 52.5 Å². The maximum Gasteiger partial charge on any atom is 0.150 e. The topological polar surface area (TPSA) is 59.0 Å². The van der Waals surface area contributed by atoms with Gasteiger partial charge in [-0.05, 0) is 42.8 Å². The molecule has 0 aliphatic heterocycles. The number of nitrogens with zero attached hydrogens (tertiary/aromatic N) is 1. The fourth-order valence-corrected chi connectivity index (χ4v) is 1.69. The molecule has 0 fully saturated rings. The molecule has 0 atom stereocenters. The summed E-state index contributed by atoms with van der Waals surface area (Å²) in [5, 5.41) is 9.42. The summed E-state index contributed by atoms with van der Waals surface area (Å²) in [6.45, 7) is 1.91. The first-order chi connectivity index (χ1) is 8.60. The Labute approximate surface area is 110 Å². The second-order valence-electron chi connectivity index (χ2n) is 3.88. The molecule has 0 amide bonds. The van der Waals surface area contributed by atoms with E-state index < -0.39 is 0 Å². The van der Waals surface area contributed by atoms with Gasteiger partial charge in [-0.15, -0.1) is 0 Å². The Bertz CT molecular complexity index is 632. The van der Waals surface area contributed by atoms with Gasteiger partial charge in [-0.2, -0.15) is 5.26 Å². The van der Waals surface area contributed by atoms with E-state index in [1.165, 1.54) is 0 Å². The van der Waals surface area contributed by atoms with Crippen molar-refractivity contribution >= 4 is 17.3 Å². The Morgan fingerprint density at radius 3 is 2.61 bits per heavy atom. The lowest BCUT2D eigenvalue weighted by atomic mass is 10.1. The molecule has 0 saturated carbocycles. The standard InChI is InChI=1S/C14H11ClN2O/c1-9-2-3-10(8-16)6-14(9)18-13-5-4-11(15)7-12(13)17/h2-7H,17H2,1H3. The molecule has 90 valence electrons. The van der Waals surface area contributed by atoms with Crippen LogP contribution < -0.4 is 10.5 Å². The molecule has 2 aromatic carbocycles. The highest BCUT2D eigenvalue weighted by atomic mass is 35.5. The number of anilines is 1. The van der Waals surface area contributed by atoms with Gasteiger partial charge >= 0.3 is 0 Å². The van der Waals surface area contributed by atoms with E-state index in [1.807, 2.05) is 13.0 Å². The fraction of sp³-hybridized carbons (Fsp3) is 0.0714. The molecule has 4 heteroatoms. The predicted molar refractivity (Wildman–Crippen MR) is 71.8 cm³/mol. The molecule has 0 spiro atoms. The van der Waals surface area contributed by atoms with Crippen molar-refractivity contribution in [1.82, 2.24) is 0 Å². The van der Waals surface area contributed by atoms with Gasteiger partial charge in [-0.3, -0.25) is 0 Å². The average molecular weight is 259 g/mol. The van der Waals surface area contributed by atoms with Gasteiger partial charge in [0.2, 0.25) is 0 Å². The number of aryl methyl sites for hydroxylation is 1. The molecule has 0 bridgehead atoms. The minimum absolute atomic E-state index is 0.462. The van der Waals surface area contributed by atoms with E-state index in [2.05, 4.69) is 6.07 Å². The van der Waals surface area contributed by atoms with Gasteiger partial charge in [0.05, 0.1) is 17.3 Å². The van der Waals surface area contributed by atoms with Crippen molar-refractivity contribution in [3.63, 3.8) is 0 Å². The first-order valence-corrected chi connectivity index (χ1v) is 5.71. The van der Waals surface area contributed by atoms with Gasteiger partial charge < -0.3 is 10.5 Å². The van der Waals surface area contributed by atoms with Gasteiger partial charge in [0.1, 0.15) is 11.5 Å².